The Morgan fingerprint density at radius 1 is 1.14 bits per heavy atom. The highest BCUT2D eigenvalue weighted by atomic mass is 35.5. The number of carbonyl (C=O) groups is 1. The summed E-state index contributed by atoms with van der Waals surface area (Å²) in [6.45, 7) is 8.61. The van der Waals surface area contributed by atoms with E-state index in [2.05, 4.69) is 15.5 Å². The molecule has 3 rings (SSSR count). The van der Waals surface area contributed by atoms with Gasteiger partial charge in [-0.25, -0.2) is 0 Å². The second-order valence-electron chi connectivity index (χ2n) is 6.57. The molecule has 0 saturated carbocycles. The molecular formula is C21H23ClN4OS. The fraction of sp³-hybridized carbons (Fsp3) is 0.286. The minimum atomic E-state index is -0.313. The lowest BCUT2D eigenvalue weighted by atomic mass is 10.1. The van der Waals surface area contributed by atoms with Crippen LogP contribution in [0, 0.1) is 13.8 Å². The van der Waals surface area contributed by atoms with Gasteiger partial charge in [0.05, 0.1) is 5.25 Å². The number of carbonyl (C=O) groups excluding carboxylic acids is 1. The smallest absolute Gasteiger partial charge is 0.237 e. The lowest BCUT2D eigenvalue weighted by Crippen LogP contribution is -2.23. The first kappa shape index (κ1) is 20.4. The number of aromatic nitrogens is 3. The normalized spacial score (nSPS) is 12.0. The van der Waals surface area contributed by atoms with Crippen LogP contribution in [0.5, 0.6) is 0 Å². The molecule has 0 radical (unpaired) electrons. The average Bonchev–Trinajstić information content (AvgIpc) is 3.07. The van der Waals surface area contributed by atoms with Gasteiger partial charge in [0, 0.05) is 22.8 Å². The third-order valence-electron chi connectivity index (χ3n) is 4.52. The zero-order valence-corrected chi connectivity index (χ0v) is 17.9. The van der Waals surface area contributed by atoms with E-state index < -0.39 is 0 Å². The fourth-order valence-electron chi connectivity index (χ4n) is 2.92. The Morgan fingerprint density at radius 2 is 1.79 bits per heavy atom. The zero-order chi connectivity index (χ0) is 20.3. The van der Waals surface area contributed by atoms with Gasteiger partial charge in [0.2, 0.25) is 5.91 Å². The molecule has 0 aliphatic carbocycles. The molecule has 1 N–H and O–H groups in total. The van der Waals surface area contributed by atoms with Crippen molar-refractivity contribution in [2.75, 3.05) is 5.32 Å². The van der Waals surface area contributed by atoms with Crippen LogP contribution in [0.15, 0.2) is 47.6 Å². The molecule has 0 bridgehead atoms. The number of amides is 1. The number of rotatable bonds is 6. The number of nitrogens with one attached hydrogen (secondary N) is 1. The van der Waals surface area contributed by atoms with Crippen LogP contribution in [0.4, 0.5) is 5.69 Å². The Bertz CT molecular complexity index is 964. The summed E-state index contributed by atoms with van der Waals surface area (Å²) in [6.07, 6.45) is 0. The lowest BCUT2D eigenvalue weighted by Gasteiger charge is -2.15. The van der Waals surface area contributed by atoms with Crippen molar-refractivity contribution in [2.24, 2.45) is 0 Å². The quantitative estimate of drug-likeness (QED) is 0.552. The molecule has 1 amide bonds. The summed E-state index contributed by atoms with van der Waals surface area (Å²) in [5.41, 5.74) is 3.91. The van der Waals surface area contributed by atoms with Gasteiger partial charge >= 0.3 is 0 Å². The van der Waals surface area contributed by atoms with E-state index in [4.69, 9.17) is 11.6 Å². The van der Waals surface area contributed by atoms with E-state index >= 15 is 0 Å². The number of hydrogen-bond donors (Lipinski definition) is 1. The van der Waals surface area contributed by atoms with Gasteiger partial charge in [-0.2, -0.15) is 0 Å². The van der Waals surface area contributed by atoms with Gasteiger partial charge in [-0.05, 0) is 63.1 Å². The molecule has 2 aromatic carbocycles. The van der Waals surface area contributed by atoms with Crippen LogP contribution in [-0.2, 0) is 11.3 Å². The van der Waals surface area contributed by atoms with Crippen LogP contribution in [0.1, 0.15) is 25.0 Å². The van der Waals surface area contributed by atoms with Crippen molar-refractivity contribution in [2.45, 2.75) is 44.6 Å². The average molecular weight is 415 g/mol. The minimum Gasteiger partial charge on any atom is -0.325 e. The van der Waals surface area contributed by atoms with Crippen LogP contribution in [0.3, 0.4) is 0 Å². The third kappa shape index (κ3) is 4.39. The summed E-state index contributed by atoms with van der Waals surface area (Å²) < 4.78 is 2.01. The Morgan fingerprint density at radius 3 is 2.39 bits per heavy atom. The highest BCUT2D eigenvalue weighted by Crippen LogP contribution is 2.28. The van der Waals surface area contributed by atoms with Crippen LogP contribution in [0.2, 0.25) is 5.02 Å². The van der Waals surface area contributed by atoms with E-state index in [0.717, 1.165) is 33.4 Å². The van der Waals surface area contributed by atoms with Gasteiger partial charge in [-0.1, -0.05) is 41.6 Å². The highest BCUT2D eigenvalue weighted by molar-refractivity contribution is 8.00. The molecule has 7 heteroatoms. The Kier molecular flexibility index (Phi) is 6.42. The maximum absolute atomic E-state index is 12.7. The van der Waals surface area contributed by atoms with Crippen molar-refractivity contribution in [3.05, 3.63) is 58.6 Å². The van der Waals surface area contributed by atoms with Gasteiger partial charge < -0.3 is 9.88 Å². The van der Waals surface area contributed by atoms with Crippen molar-refractivity contribution in [3.63, 3.8) is 0 Å². The van der Waals surface area contributed by atoms with Crippen LogP contribution >= 0.6 is 23.4 Å². The van der Waals surface area contributed by atoms with E-state index in [1.54, 1.807) is 0 Å². The number of para-hydroxylation sites is 1. The monoisotopic (exact) mass is 414 g/mol. The molecule has 1 unspecified atom stereocenters. The zero-order valence-electron chi connectivity index (χ0n) is 16.4. The second kappa shape index (κ2) is 8.80. The van der Waals surface area contributed by atoms with Gasteiger partial charge in [-0.3, -0.25) is 4.79 Å². The molecule has 1 aromatic heterocycles. The Hall–Kier alpha value is -2.31. The molecule has 0 saturated heterocycles. The molecule has 3 aromatic rings. The molecule has 0 aliphatic heterocycles. The van der Waals surface area contributed by atoms with Gasteiger partial charge in [-0.15, -0.1) is 10.2 Å². The molecule has 1 heterocycles. The van der Waals surface area contributed by atoms with Crippen LogP contribution in [-0.4, -0.2) is 25.9 Å². The highest BCUT2D eigenvalue weighted by Gasteiger charge is 2.21. The summed E-state index contributed by atoms with van der Waals surface area (Å²) in [6, 6.07) is 13.5. The second-order valence-corrected chi connectivity index (χ2v) is 8.32. The van der Waals surface area contributed by atoms with Crippen LogP contribution in [0.25, 0.3) is 11.4 Å². The van der Waals surface area contributed by atoms with Crippen LogP contribution < -0.4 is 5.32 Å². The molecule has 0 spiro atoms. The molecule has 0 fully saturated rings. The number of anilines is 1. The first-order valence-corrected chi connectivity index (χ1v) is 10.4. The maximum atomic E-state index is 12.7. The summed E-state index contributed by atoms with van der Waals surface area (Å²) >= 11 is 7.38. The van der Waals surface area contributed by atoms with E-state index in [1.807, 2.05) is 74.7 Å². The topological polar surface area (TPSA) is 59.8 Å². The van der Waals surface area contributed by atoms with Crippen molar-refractivity contribution in [1.82, 2.24) is 14.8 Å². The van der Waals surface area contributed by atoms with Crippen molar-refractivity contribution < 1.29 is 4.79 Å². The number of benzene rings is 2. The van der Waals surface area contributed by atoms with Gasteiger partial charge in [0.1, 0.15) is 0 Å². The lowest BCUT2D eigenvalue weighted by molar-refractivity contribution is -0.115. The summed E-state index contributed by atoms with van der Waals surface area (Å²) in [4.78, 5) is 12.7. The van der Waals surface area contributed by atoms with E-state index in [0.29, 0.717) is 11.6 Å². The molecule has 5 nitrogen and oxygen atoms in total. The van der Waals surface area contributed by atoms with Gasteiger partial charge in [0.15, 0.2) is 11.0 Å². The number of thioether (sulfide) groups is 1. The summed E-state index contributed by atoms with van der Waals surface area (Å²) in [5.74, 6) is 0.713. The number of halogens is 1. The molecule has 146 valence electrons. The standard InChI is InChI=1S/C21H23ClN4OS/c1-5-26-19(16-9-11-17(22)12-10-16)24-25-21(26)28-15(4)20(27)23-18-13(2)7-6-8-14(18)3/h6-12,15H,5H2,1-4H3,(H,23,27). The molecule has 28 heavy (non-hydrogen) atoms. The molecule has 1 atom stereocenters. The fourth-order valence-corrected chi connectivity index (χ4v) is 3.96. The number of nitrogens with zero attached hydrogens (tertiary/aromatic N) is 3. The van der Waals surface area contributed by atoms with Crippen molar-refractivity contribution in [1.29, 1.82) is 0 Å². The summed E-state index contributed by atoms with van der Waals surface area (Å²) in [5, 5.41) is 12.8. The van der Waals surface area contributed by atoms with Crippen molar-refractivity contribution in [3.8, 4) is 11.4 Å². The van der Waals surface area contributed by atoms with E-state index in [1.165, 1.54) is 11.8 Å². The summed E-state index contributed by atoms with van der Waals surface area (Å²) in [7, 11) is 0. The maximum Gasteiger partial charge on any atom is 0.237 e. The Balaban J connectivity index is 1.77. The first-order valence-electron chi connectivity index (χ1n) is 9.13. The molecular weight excluding hydrogens is 392 g/mol. The minimum absolute atomic E-state index is 0.0545. The Labute approximate surface area is 174 Å². The van der Waals surface area contributed by atoms with E-state index in [-0.39, 0.29) is 11.2 Å². The largest absolute Gasteiger partial charge is 0.325 e. The van der Waals surface area contributed by atoms with E-state index in [9.17, 15) is 4.79 Å². The van der Waals surface area contributed by atoms with Crippen molar-refractivity contribution >= 4 is 35.0 Å². The number of aryl methyl sites for hydroxylation is 2. The number of hydrogen-bond acceptors (Lipinski definition) is 4. The molecule has 0 aliphatic rings. The first-order chi connectivity index (χ1) is 13.4. The predicted molar refractivity (Wildman–Crippen MR) is 116 cm³/mol. The third-order valence-corrected chi connectivity index (χ3v) is 5.85. The predicted octanol–water partition coefficient (Wildman–Crippen LogP) is 5.35. The SMILES string of the molecule is CCn1c(SC(C)C(=O)Nc2c(C)cccc2C)nnc1-c1ccc(Cl)cc1. The van der Waals surface area contributed by atoms with Gasteiger partial charge in [0.25, 0.3) is 0 Å².